The second-order valence-electron chi connectivity index (χ2n) is 11.2. The number of ketones is 1. The maximum absolute atomic E-state index is 10.0. The fraction of sp³-hybridized carbons (Fsp3) is 0.250. The molecule has 2 aromatic carbocycles. The molecule has 6 aromatic rings. The first-order valence-electron chi connectivity index (χ1n) is 14.2. The first-order valence-corrected chi connectivity index (χ1v) is 14.2. The molecule has 1 N–H and O–H groups in total. The molecular formula is C36H35IrN2O4-. The van der Waals surface area contributed by atoms with Crippen LogP contribution in [0.1, 0.15) is 70.2 Å². The van der Waals surface area contributed by atoms with Crippen molar-refractivity contribution < 1.29 is 38.8 Å². The first-order chi connectivity index (χ1) is 20.0. The molecular weight excluding hydrogens is 717 g/mol. The Morgan fingerprint density at radius 3 is 2.23 bits per heavy atom. The third kappa shape index (κ3) is 6.48. The summed E-state index contributed by atoms with van der Waals surface area (Å²) < 4.78 is 12.9. The largest absolute Gasteiger partial charge is 0.512 e. The monoisotopic (exact) mass is 752 g/mol. The molecule has 0 bridgehead atoms. The summed E-state index contributed by atoms with van der Waals surface area (Å²) in [5.74, 6) is 1.56. The molecule has 1 radical (unpaired) electrons. The number of fused-ring (bicyclic) bond motifs is 4. The van der Waals surface area contributed by atoms with Crippen molar-refractivity contribution in [2.45, 2.75) is 60.3 Å². The Kier molecular flexibility index (Phi) is 9.68. The third-order valence-electron chi connectivity index (χ3n) is 7.14. The van der Waals surface area contributed by atoms with Crippen LogP contribution in [0.15, 0.2) is 81.5 Å². The molecule has 0 unspecified atom stereocenters. The van der Waals surface area contributed by atoms with E-state index in [9.17, 15) is 4.79 Å². The predicted octanol–water partition coefficient (Wildman–Crippen LogP) is 9.85. The van der Waals surface area contributed by atoms with Gasteiger partial charge in [0.1, 0.15) is 11.3 Å². The van der Waals surface area contributed by atoms with Crippen molar-refractivity contribution in [3.63, 3.8) is 0 Å². The van der Waals surface area contributed by atoms with Gasteiger partial charge in [-0.1, -0.05) is 56.8 Å². The van der Waals surface area contributed by atoms with Crippen LogP contribution in [0.2, 0.25) is 0 Å². The van der Waals surface area contributed by atoms with E-state index in [1.54, 1.807) is 0 Å². The molecule has 223 valence electrons. The van der Waals surface area contributed by atoms with Crippen LogP contribution in [0, 0.1) is 13.0 Å². The molecule has 4 aromatic heterocycles. The maximum Gasteiger partial charge on any atom is 0.216 e. The Labute approximate surface area is 265 Å². The fourth-order valence-electron chi connectivity index (χ4n) is 5.29. The van der Waals surface area contributed by atoms with E-state index in [4.69, 9.17) is 18.9 Å². The van der Waals surface area contributed by atoms with Crippen molar-refractivity contribution in [3.05, 3.63) is 95.5 Å². The average molecular weight is 752 g/mol. The van der Waals surface area contributed by atoms with Gasteiger partial charge in [-0.3, -0.25) is 4.79 Å². The minimum atomic E-state index is -0.125. The molecule has 43 heavy (non-hydrogen) atoms. The summed E-state index contributed by atoms with van der Waals surface area (Å²) in [6.45, 7) is 13.7. The number of carbonyl (C=O) groups is 1. The zero-order valence-electron chi connectivity index (χ0n) is 25.4. The number of aliphatic hydroxyl groups excluding tert-OH is 1. The molecule has 6 nitrogen and oxygen atoms in total. The molecule has 0 fully saturated rings. The van der Waals surface area contributed by atoms with Crippen LogP contribution < -0.4 is 0 Å². The number of rotatable bonds is 5. The molecule has 0 saturated carbocycles. The zero-order valence-corrected chi connectivity index (χ0v) is 27.8. The normalized spacial score (nSPS) is 11.7. The molecule has 0 aliphatic rings. The maximum atomic E-state index is 10.0. The minimum absolute atomic E-state index is 0. The van der Waals surface area contributed by atoms with Crippen LogP contribution in [0.3, 0.4) is 0 Å². The van der Waals surface area contributed by atoms with Gasteiger partial charge in [0.15, 0.2) is 5.78 Å². The van der Waals surface area contributed by atoms with Gasteiger partial charge < -0.3 is 18.9 Å². The number of carbonyl (C=O) groups excluding carboxylic acids is 1. The van der Waals surface area contributed by atoms with Crippen LogP contribution in [0.4, 0.5) is 0 Å². The summed E-state index contributed by atoms with van der Waals surface area (Å²) in [5, 5.41) is 11.4. The van der Waals surface area contributed by atoms with Gasteiger partial charge in [0.05, 0.1) is 11.3 Å². The molecule has 0 aliphatic carbocycles. The summed E-state index contributed by atoms with van der Waals surface area (Å²) in [6, 6.07) is 22.1. The fourth-order valence-corrected chi connectivity index (χ4v) is 5.29. The number of hydrogen-bond donors (Lipinski definition) is 1. The van der Waals surface area contributed by atoms with E-state index in [1.807, 2.05) is 37.4 Å². The average Bonchev–Trinajstić information content (AvgIpc) is 3.53. The summed E-state index contributed by atoms with van der Waals surface area (Å²) in [4.78, 5) is 19.3. The van der Waals surface area contributed by atoms with Gasteiger partial charge in [0, 0.05) is 60.1 Å². The van der Waals surface area contributed by atoms with E-state index >= 15 is 0 Å². The molecule has 7 heteroatoms. The molecule has 0 spiro atoms. The van der Waals surface area contributed by atoms with Gasteiger partial charge in [-0.2, -0.15) is 0 Å². The number of furan rings is 2. The van der Waals surface area contributed by atoms with Crippen LogP contribution in [-0.4, -0.2) is 20.9 Å². The second-order valence-corrected chi connectivity index (χ2v) is 11.2. The number of benzene rings is 2. The van der Waals surface area contributed by atoms with Gasteiger partial charge in [-0.05, 0) is 68.0 Å². The van der Waals surface area contributed by atoms with Crippen molar-refractivity contribution in [3.8, 4) is 22.6 Å². The number of hydrogen-bond acceptors (Lipinski definition) is 6. The van der Waals surface area contributed by atoms with Gasteiger partial charge in [0.25, 0.3) is 0 Å². The number of aromatic nitrogens is 2. The molecule has 0 aliphatic heterocycles. The van der Waals surface area contributed by atoms with E-state index in [-0.39, 0.29) is 31.6 Å². The zero-order chi connectivity index (χ0) is 30.1. The van der Waals surface area contributed by atoms with Crippen LogP contribution in [0.25, 0.3) is 55.6 Å². The number of pyridine rings is 2. The number of aliphatic hydroxyl groups is 1. The van der Waals surface area contributed by atoms with E-state index in [0.717, 1.165) is 50.0 Å². The molecule has 0 atom stereocenters. The van der Waals surface area contributed by atoms with E-state index < -0.39 is 0 Å². The summed E-state index contributed by atoms with van der Waals surface area (Å²) in [7, 11) is 0. The Morgan fingerprint density at radius 1 is 0.930 bits per heavy atom. The SMILES string of the molecule is CC(=O)/C=C(/C)O.Cc1ccc2c(n1)oc1c(-c3nccc4cc(-c5c(C(C)C)cccc5C(C)C)oc34)[c-]ccc12.[Ir]. The predicted molar refractivity (Wildman–Crippen MR) is 169 cm³/mol. The second kappa shape index (κ2) is 13.1. The van der Waals surface area contributed by atoms with Crippen molar-refractivity contribution in [1.29, 1.82) is 0 Å². The van der Waals surface area contributed by atoms with Crippen LogP contribution in [0.5, 0.6) is 0 Å². The van der Waals surface area contributed by atoms with Gasteiger partial charge in [0.2, 0.25) is 5.71 Å². The molecule has 6 rings (SSSR count). The topological polar surface area (TPSA) is 89.4 Å². The van der Waals surface area contributed by atoms with Crippen LogP contribution in [-0.2, 0) is 24.9 Å². The van der Waals surface area contributed by atoms with E-state index in [2.05, 4.69) is 69.1 Å². The van der Waals surface area contributed by atoms with Crippen molar-refractivity contribution in [2.75, 3.05) is 0 Å². The summed E-state index contributed by atoms with van der Waals surface area (Å²) in [6.07, 6.45) is 2.99. The smallest absolute Gasteiger partial charge is 0.216 e. The molecule has 0 amide bonds. The Morgan fingerprint density at radius 2 is 1.63 bits per heavy atom. The van der Waals surface area contributed by atoms with Crippen molar-refractivity contribution >= 4 is 38.8 Å². The Balaban J connectivity index is 0.000000475. The van der Waals surface area contributed by atoms with Gasteiger partial charge in [-0.15, -0.1) is 18.2 Å². The molecule has 4 heterocycles. The van der Waals surface area contributed by atoms with Crippen molar-refractivity contribution in [2.24, 2.45) is 0 Å². The molecule has 0 saturated heterocycles. The number of nitrogens with zero attached hydrogens (tertiary/aromatic N) is 2. The standard InChI is InChI=1S/C31H27N2O2.C5H8O2.Ir/c1-17(2)21-8-6-9-22(18(3)4)27(21)26-16-20-14-15-32-28(29(20)34-26)25-11-7-10-23-24-13-12-19(5)33-31(24)35-30(23)25;1-4(6)3-5(2)7;/h6-10,12-18H,1-5H3;3,6H,1-2H3;/q-1;;/b;4-3-;. The Bertz CT molecular complexity index is 1930. The Hall–Kier alpha value is -4.06. The third-order valence-corrected chi connectivity index (χ3v) is 7.14. The van der Waals surface area contributed by atoms with Gasteiger partial charge in [-0.25, -0.2) is 4.98 Å². The van der Waals surface area contributed by atoms with E-state index in [0.29, 0.717) is 17.5 Å². The van der Waals surface area contributed by atoms with Gasteiger partial charge >= 0.3 is 0 Å². The summed E-state index contributed by atoms with van der Waals surface area (Å²) >= 11 is 0. The minimum Gasteiger partial charge on any atom is -0.512 e. The van der Waals surface area contributed by atoms with E-state index in [1.165, 1.54) is 36.6 Å². The first kappa shape index (κ1) is 31.9. The van der Waals surface area contributed by atoms with Crippen molar-refractivity contribution in [1.82, 2.24) is 9.97 Å². The number of aryl methyl sites for hydroxylation is 1. The van der Waals surface area contributed by atoms with Crippen LogP contribution >= 0.6 is 0 Å². The summed E-state index contributed by atoms with van der Waals surface area (Å²) in [5.41, 5.74) is 8.28. The number of allylic oxidation sites excluding steroid dienone is 2. The quantitative estimate of drug-likeness (QED) is 0.107.